The van der Waals surface area contributed by atoms with Gasteiger partial charge in [0.05, 0.1) is 11.9 Å². The molecule has 0 saturated carbocycles. The summed E-state index contributed by atoms with van der Waals surface area (Å²) in [5.74, 6) is 0.174. The van der Waals surface area contributed by atoms with Gasteiger partial charge >= 0.3 is 0 Å². The molecule has 4 heteroatoms. The normalized spacial score (nSPS) is 32.9. The average molecular weight is 193 g/mol. The molecule has 0 spiro atoms. The summed E-state index contributed by atoms with van der Waals surface area (Å²) in [4.78, 5) is 8.18. The summed E-state index contributed by atoms with van der Waals surface area (Å²) in [6.45, 7) is 3.69. The molecular formula is C10H15N3O. The van der Waals surface area contributed by atoms with Crippen LogP contribution in [0, 0.1) is 5.92 Å². The number of aromatic nitrogens is 2. The molecule has 0 amide bonds. The zero-order valence-electron chi connectivity index (χ0n) is 8.27. The highest BCUT2D eigenvalue weighted by Gasteiger charge is 2.38. The minimum Gasteiger partial charge on any atom is -0.383 e. The number of aliphatic hydroxyl groups is 1. The van der Waals surface area contributed by atoms with E-state index in [4.69, 9.17) is 0 Å². The predicted octanol–water partition coefficient (Wildman–Crippen LogP) is 0.294. The molecule has 2 heterocycles. The molecule has 2 atom stereocenters. The minimum absolute atomic E-state index is 0.174. The first-order valence-electron chi connectivity index (χ1n) is 4.93. The van der Waals surface area contributed by atoms with Crippen LogP contribution < -0.4 is 5.32 Å². The molecule has 1 aromatic heterocycles. The van der Waals surface area contributed by atoms with E-state index in [1.165, 1.54) is 0 Å². The summed E-state index contributed by atoms with van der Waals surface area (Å²) >= 11 is 0. The first kappa shape index (κ1) is 9.55. The topological polar surface area (TPSA) is 58.0 Å². The second-order valence-electron chi connectivity index (χ2n) is 3.87. The van der Waals surface area contributed by atoms with Gasteiger partial charge in [-0.3, -0.25) is 9.97 Å². The fourth-order valence-electron chi connectivity index (χ4n) is 1.92. The molecule has 0 radical (unpaired) electrons. The highest BCUT2D eigenvalue weighted by atomic mass is 16.3. The van der Waals surface area contributed by atoms with E-state index in [1.807, 2.05) is 6.92 Å². The summed E-state index contributed by atoms with van der Waals surface area (Å²) in [5, 5.41) is 13.7. The Kier molecular flexibility index (Phi) is 2.48. The van der Waals surface area contributed by atoms with Crippen molar-refractivity contribution in [3.05, 3.63) is 24.3 Å². The Labute approximate surface area is 83.4 Å². The highest BCUT2D eigenvalue weighted by Crippen LogP contribution is 2.32. The second-order valence-corrected chi connectivity index (χ2v) is 3.87. The van der Waals surface area contributed by atoms with E-state index in [0.29, 0.717) is 12.1 Å². The van der Waals surface area contributed by atoms with Crippen LogP contribution >= 0.6 is 0 Å². The van der Waals surface area contributed by atoms with Crippen molar-refractivity contribution in [3.63, 3.8) is 0 Å². The van der Waals surface area contributed by atoms with Gasteiger partial charge < -0.3 is 10.4 Å². The molecule has 1 aromatic rings. The lowest BCUT2D eigenvalue weighted by Crippen LogP contribution is -2.47. The molecule has 14 heavy (non-hydrogen) atoms. The minimum atomic E-state index is -0.806. The van der Waals surface area contributed by atoms with Crippen molar-refractivity contribution in [1.82, 2.24) is 15.3 Å². The van der Waals surface area contributed by atoms with Crippen LogP contribution in [0.15, 0.2) is 18.6 Å². The Balaban J connectivity index is 2.30. The van der Waals surface area contributed by atoms with Crippen LogP contribution in [0.3, 0.4) is 0 Å². The number of nitrogens with zero attached hydrogens (tertiary/aromatic N) is 2. The zero-order valence-corrected chi connectivity index (χ0v) is 8.27. The molecule has 2 rings (SSSR count). The van der Waals surface area contributed by atoms with Crippen LogP contribution in [0.4, 0.5) is 0 Å². The Morgan fingerprint density at radius 3 is 3.07 bits per heavy atom. The van der Waals surface area contributed by atoms with Gasteiger partial charge in [0, 0.05) is 24.9 Å². The van der Waals surface area contributed by atoms with Crippen LogP contribution in [0.1, 0.15) is 19.0 Å². The van der Waals surface area contributed by atoms with E-state index in [1.54, 1.807) is 18.6 Å². The maximum atomic E-state index is 10.5. The van der Waals surface area contributed by atoms with Crippen molar-refractivity contribution in [1.29, 1.82) is 0 Å². The third kappa shape index (κ3) is 1.51. The lowest BCUT2D eigenvalue weighted by molar-refractivity contribution is -0.0432. The van der Waals surface area contributed by atoms with Crippen LogP contribution in [-0.4, -0.2) is 28.2 Å². The predicted molar refractivity (Wildman–Crippen MR) is 52.6 cm³/mol. The lowest BCUT2D eigenvalue weighted by atomic mass is 9.80. The Morgan fingerprint density at radius 2 is 2.43 bits per heavy atom. The first-order valence-corrected chi connectivity index (χ1v) is 4.93. The van der Waals surface area contributed by atoms with Crippen LogP contribution in [0.25, 0.3) is 0 Å². The summed E-state index contributed by atoms with van der Waals surface area (Å²) in [6, 6.07) is 0. The van der Waals surface area contributed by atoms with Crippen molar-refractivity contribution < 1.29 is 5.11 Å². The van der Waals surface area contributed by atoms with Crippen molar-refractivity contribution in [2.24, 2.45) is 5.92 Å². The molecule has 2 unspecified atom stereocenters. The second kappa shape index (κ2) is 3.63. The van der Waals surface area contributed by atoms with E-state index in [0.717, 1.165) is 13.1 Å². The zero-order chi connectivity index (χ0) is 10.0. The number of rotatable bonds is 1. The maximum absolute atomic E-state index is 10.5. The van der Waals surface area contributed by atoms with E-state index in [-0.39, 0.29) is 5.92 Å². The molecule has 0 aromatic carbocycles. The number of piperidine rings is 1. The van der Waals surface area contributed by atoms with Crippen molar-refractivity contribution in [3.8, 4) is 0 Å². The summed E-state index contributed by atoms with van der Waals surface area (Å²) in [5.41, 5.74) is -0.117. The summed E-state index contributed by atoms with van der Waals surface area (Å²) in [7, 11) is 0. The van der Waals surface area contributed by atoms with Crippen LogP contribution in [-0.2, 0) is 5.60 Å². The number of hydrogen-bond donors (Lipinski definition) is 2. The monoisotopic (exact) mass is 193 g/mol. The Morgan fingerprint density at radius 1 is 1.57 bits per heavy atom. The molecule has 1 fully saturated rings. The van der Waals surface area contributed by atoms with Crippen molar-refractivity contribution >= 4 is 0 Å². The summed E-state index contributed by atoms with van der Waals surface area (Å²) in [6.07, 6.45) is 5.61. The van der Waals surface area contributed by atoms with Gasteiger partial charge in [0.25, 0.3) is 0 Å². The number of nitrogens with one attached hydrogen (secondary N) is 1. The molecule has 1 saturated heterocycles. The van der Waals surface area contributed by atoms with Gasteiger partial charge in [0.1, 0.15) is 5.60 Å². The Bertz CT molecular complexity index is 303. The molecule has 0 aliphatic carbocycles. The van der Waals surface area contributed by atoms with E-state index < -0.39 is 5.60 Å². The molecule has 1 aliphatic rings. The third-order valence-electron chi connectivity index (χ3n) is 2.96. The molecule has 0 bridgehead atoms. The van der Waals surface area contributed by atoms with Gasteiger partial charge in [0.2, 0.25) is 0 Å². The van der Waals surface area contributed by atoms with Gasteiger partial charge in [-0.1, -0.05) is 6.92 Å². The summed E-state index contributed by atoms with van der Waals surface area (Å²) < 4.78 is 0. The van der Waals surface area contributed by atoms with Gasteiger partial charge in [-0.15, -0.1) is 0 Å². The van der Waals surface area contributed by atoms with Crippen molar-refractivity contribution in [2.45, 2.75) is 18.9 Å². The van der Waals surface area contributed by atoms with E-state index >= 15 is 0 Å². The largest absolute Gasteiger partial charge is 0.383 e. The number of hydrogen-bond acceptors (Lipinski definition) is 4. The Hall–Kier alpha value is -1.00. The van der Waals surface area contributed by atoms with E-state index in [9.17, 15) is 5.11 Å². The van der Waals surface area contributed by atoms with Gasteiger partial charge in [0.15, 0.2) is 0 Å². The standard InChI is InChI=1S/C10H15N3O/c1-8-6-11-3-2-10(8,14)9-7-12-4-5-13-9/h4-5,7-8,11,14H,2-3,6H2,1H3. The maximum Gasteiger partial charge on any atom is 0.113 e. The molecule has 4 nitrogen and oxygen atoms in total. The average Bonchev–Trinajstić information content (AvgIpc) is 2.24. The van der Waals surface area contributed by atoms with Gasteiger partial charge in [-0.05, 0) is 13.0 Å². The molecule has 1 aliphatic heterocycles. The first-order chi connectivity index (χ1) is 6.73. The fraction of sp³-hybridized carbons (Fsp3) is 0.600. The lowest BCUT2D eigenvalue weighted by Gasteiger charge is -2.37. The van der Waals surface area contributed by atoms with Gasteiger partial charge in [-0.25, -0.2) is 0 Å². The molecule has 2 N–H and O–H groups in total. The molecular weight excluding hydrogens is 178 g/mol. The van der Waals surface area contributed by atoms with Crippen LogP contribution in [0.5, 0.6) is 0 Å². The third-order valence-corrected chi connectivity index (χ3v) is 2.96. The SMILES string of the molecule is CC1CNCCC1(O)c1cnccn1. The van der Waals surface area contributed by atoms with Crippen LogP contribution in [0.2, 0.25) is 0 Å². The van der Waals surface area contributed by atoms with Crippen molar-refractivity contribution in [2.75, 3.05) is 13.1 Å². The van der Waals surface area contributed by atoms with E-state index in [2.05, 4.69) is 15.3 Å². The molecule has 76 valence electrons. The van der Waals surface area contributed by atoms with Gasteiger partial charge in [-0.2, -0.15) is 0 Å². The fourth-order valence-corrected chi connectivity index (χ4v) is 1.92. The quantitative estimate of drug-likeness (QED) is 0.673. The smallest absolute Gasteiger partial charge is 0.113 e. The highest BCUT2D eigenvalue weighted by molar-refractivity contribution is 5.11.